The highest BCUT2D eigenvalue weighted by Crippen LogP contribution is 2.37. The molecule has 1 fully saturated rings. The van der Waals surface area contributed by atoms with Gasteiger partial charge in [-0.3, -0.25) is 9.36 Å². The van der Waals surface area contributed by atoms with Crippen molar-refractivity contribution >= 4 is 17.2 Å². The number of nitrogens with one attached hydrogen (secondary N) is 1. The Morgan fingerprint density at radius 1 is 1.38 bits per heavy atom. The minimum Gasteiger partial charge on any atom is -0.459 e. The lowest BCUT2D eigenvalue weighted by Gasteiger charge is -2.02. The number of furan rings is 1. The summed E-state index contributed by atoms with van der Waals surface area (Å²) in [6.07, 6.45) is 3.47. The first-order valence-corrected chi connectivity index (χ1v) is 8.67. The van der Waals surface area contributed by atoms with Crippen LogP contribution in [0.5, 0.6) is 0 Å². The molecule has 3 heterocycles. The van der Waals surface area contributed by atoms with Gasteiger partial charge >= 0.3 is 5.69 Å². The number of nitrogens with zero attached hydrogens (tertiary/aromatic N) is 3. The molecule has 4 rings (SSSR count). The van der Waals surface area contributed by atoms with E-state index in [9.17, 15) is 9.59 Å². The van der Waals surface area contributed by atoms with Crippen molar-refractivity contribution in [3.8, 4) is 10.7 Å². The van der Waals surface area contributed by atoms with E-state index in [4.69, 9.17) is 4.42 Å². The predicted octanol–water partition coefficient (Wildman–Crippen LogP) is 2.13. The van der Waals surface area contributed by atoms with Crippen LogP contribution in [0.4, 0.5) is 0 Å². The van der Waals surface area contributed by atoms with Gasteiger partial charge in [0.15, 0.2) is 11.6 Å². The molecule has 0 radical (unpaired) electrons. The molecule has 0 atom stereocenters. The van der Waals surface area contributed by atoms with Crippen LogP contribution in [0.3, 0.4) is 0 Å². The molecule has 3 aromatic rings. The summed E-state index contributed by atoms with van der Waals surface area (Å²) in [5.41, 5.74) is -0.117. The van der Waals surface area contributed by atoms with Crippen LogP contribution in [0.1, 0.15) is 29.4 Å². The first-order chi connectivity index (χ1) is 11.7. The van der Waals surface area contributed by atoms with Gasteiger partial charge in [0.1, 0.15) is 0 Å². The second-order valence-electron chi connectivity index (χ2n) is 5.64. The van der Waals surface area contributed by atoms with Crippen LogP contribution in [0.15, 0.2) is 45.1 Å². The van der Waals surface area contributed by atoms with Crippen molar-refractivity contribution in [2.75, 3.05) is 6.54 Å². The van der Waals surface area contributed by atoms with Gasteiger partial charge in [0.05, 0.1) is 17.7 Å². The van der Waals surface area contributed by atoms with E-state index in [-0.39, 0.29) is 23.4 Å². The summed E-state index contributed by atoms with van der Waals surface area (Å²) in [6.45, 7) is 0.633. The lowest BCUT2D eigenvalue weighted by molar-refractivity contribution is 0.0924. The standard InChI is InChI=1S/C16H16N4O3S/c21-15(12-3-1-9-23-12)17-7-8-19-16(22)20(11-5-6-11)14(18-19)13-4-2-10-24-13/h1-4,9-11H,5-8H2,(H,17,21). The Morgan fingerprint density at radius 2 is 2.25 bits per heavy atom. The molecule has 0 saturated heterocycles. The van der Waals surface area contributed by atoms with E-state index in [0.717, 1.165) is 23.5 Å². The van der Waals surface area contributed by atoms with Crippen LogP contribution < -0.4 is 11.0 Å². The van der Waals surface area contributed by atoms with Gasteiger partial charge in [-0.05, 0) is 36.4 Å². The maximum Gasteiger partial charge on any atom is 0.346 e. The Bertz CT molecular complexity index is 889. The van der Waals surface area contributed by atoms with Crippen LogP contribution in [0.25, 0.3) is 10.7 Å². The number of carbonyl (C=O) groups is 1. The van der Waals surface area contributed by atoms with Crippen LogP contribution >= 0.6 is 11.3 Å². The summed E-state index contributed by atoms with van der Waals surface area (Å²) >= 11 is 1.57. The summed E-state index contributed by atoms with van der Waals surface area (Å²) in [5, 5.41) is 9.18. The van der Waals surface area contributed by atoms with Crippen LogP contribution in [-0.4, -0.2) is 26.8 Å². The first-order valence-electron chi connectivity index (χ1n) is 7.79. The smallest absolute Gasteiger partial charge is 0.346 e. The third-order valence-electron chi connectivity index (χ3n) is 3.88. The van der Waals surface area contributed by atoms with Crippen LogP contribution in [0, 0.1) is 0 Å². The van der Waals surface area contributed by atoms with Gasteiger partial charge in [0, 0.05) is 12.6 Å². The molecular formula is C16H16N4O3S. The molecule has 3 aromatic heterocycles. The van der Waals surface area contributed by atoms with Gasteiger partial charge in [-0.25, -0.2) is 9.48 Å². The molecule has 1 aliphatic rings. The van der Waals surface area contributed by atoms with Gasteiger partial charge in [-0.2, -0.15) is 0 Å². The highest BCUT2D eigenvalue weighted by molar-refractivity contribution is 7.13. The number of carbonyl (C=O) groups excluding carboxylic acids is 1. The molecule has 0 spiro atoms. The molecule has 1 amide bonds. The molecule has 124 valence electrons. The van der Waals surface area contributed by atoms with Crippen molar-refractivity contribution in [2.24, 2.45) is 0 Å². The number of rotatable bonds is 6. The van der Waals surface area contributed by atoms with Crippen molar-refractivity contribution in [2.45, 2.75) is 25.4 Å². The molecule has 0 aliphatic heterocycles. The molecule has 24 heavy (non-hydrogen) atoms. The van der Waals surface area contributed by atoms with Crippen molar-refractivity contribution in [3.63, 3.8) is 0 Å². The molecule has 8 heteroatoms. The number of hydrogen-bond donors (Lipinski definition) is 1. The predicted molar refractivity (Wildman–Crippen MR) is 89.1 cm³/mol. The van der Waals surface area contributed by atoms with Gasteiger partial charge in [0.2, 0.25) is 0 Å². The Labute approximate surface area is 141 Å². The molecule has 1 saturated carbocycles. The van der Waals surface area contributed by atoms with Crippen molar-refractivity contribution in [1.82, 2.24) is 19.7 Å². The van der Waals surface area contributed by atoms with Gasteiger partial charge in [0.25, 0.3) is 5.91 Å². The molecular weight excluding hydrogens is 328 g/mol. The summed E-state index contributed by atoms with van der Waals surface area (Å²) in [5.74, 6) is 0.674. The average Bonchev–Trinajstić information content (AvgIpc) is 3.01. The normalized spacial score (nSPS) is 14.0. The molecule has 1 N–H and O–H groups in total. The Balaban J connectivity index is 1.50. The molecule has 7 nitrogen and oxygen atoms in total. The fourth-order valence-electron chi connectivity index (χ4n) is 2.57. The van der Waals surface area contributed by atoms with Crippen molar-refractivity contribution in [1.29, 1.82) is 0 Å². The SMILES string of the molecule is O=C(NCCn1nc(-c2cccs2)n(C2CC2)c1=O)c1ccco1. The maximum atomic E-state index is 12.6. The molecule has 0 bridgehead atoms. The monoisotopic (exact) mass is 344 g/mol. The minimum absolute atomic E-state index is 0.117. The number of hydrogen-bond acceptors (Lipinski definition) is 5. The van der Waals surface area contributed by atoms with Gasteiger partial charge < -0.3 is 9.73 Å². The van der Waals surface area contributed by atoms with E-state index in [2.05, 4.69) is 10.4 Å². The van der Waals surface area contributed by atoms with E-state index in [1.807, 2.05) is 17.5 Å². The first kappa shape index (κ1) is 14.9. The van der Waals surface area contributed by atoms with E-state index in [1.165, 1.54) is 10.9 Å². The largest absolute Gasteiger partial charge is 0.459 e. The third kappa shape index (κ3) is 2.80. The summed E-state index contributed by atoms with van der Waals surface area (Å²) < 4.78 is 8.24. The average molecular weight is 344 g/mol. The van der Waals surface area contributed by atoms with Crippen molar-refractivity contribution in [3.05, 3.63) is 52.2 Å². The number of amides is 1. The number of aromatic nitrogens is 3. The maximum absolute atomic E-state index is 12.6. The van der Waals surface area contributed by atoms with E-state index < -0.39 is 0 Å². The fourth-order valence-corrected chi connectivity index (χ4v) is 3.28. The Kier molecular flexibility index (Phi) is 3.81. The zero-order chi connectivity index (χ0) is 16.5. The molecule has 1 aliphatic carbocycles. The second kappa shape index (κ2) is 6.12. The van der Waals surface area contributed by atoms with E-state index in [1.54, 1.807) is 28.0 Å². The zero-order valence-corrected chi connectivity index (χ0v) is 13.7. The lowest BCUT2D eigenvalue weighted by atomic mass is 10.4. The van der Waals surface area contributed by atoms with E-state index >= 15 is 0 Å². The Hall–Kier alpha value is -2.61. The minimum atomic E-state index is -0.298. The number of thiophene rings is 1. The summed E-state index contributed by atoms with van der Waals surface area (Å²) in [4.78, 5) is 25.4. The third-order valence-corrected chi connectivity index (χ3v) is 4.74. The Morgan fingerprint density at radius 3 is 2.92 bits per heavy atom. The van der Waals surface area contributed by atoms with Gasteiger partial charge in [-0.15, -0.1) is 16.4 Å². The quantitative estimate of drug-likeness (QED) is 0.743. The van der Waals surface area contributed by atoms with Crippen LogP contribution in [0.2, 0.25) is 0 Å². The zero-order valence-electron chi connectivity index (χ0n) is 12.8. The molecule has 0 unspecified atom stereocenters. The second-order valence-corrected chi connectivity index (χ2v) is 6.59. The fraction of sp³-hybridized carbons (Fsp3) is 0.312. The topological polar surface area (TPSA) is 82.1 Å². The van der Waals surface area contributed by atoms with Crippen molar-refractivity contribution < 1.29 is 9.21 Å². The summed E-state index contributed by atoms with van der Waals surface area (Å²) in [7, 11) is 0. The van der Waals surface area contributed by atoms with Crippen LogP contribution in [-0.2, 0) is 6.54 Å². The van der Waals surface area contributed by atoms with E-state index in [0.29, 0.717) is 13.1 Å². The lowest BCUT2D eigenvalue weighted by Crippen LogP contribution is -2.32. The highest BCUT2D eigenvalue weighted by Gasteiger charge is 2.30. The highest BCUT2D eigenvalue weighted by atomic mass is 32.1. The summed E-state index contributed by atoms with van der Waals surface area (Å²) in [6, 6.07) is 7.42. The molecule has 0 aromatic carbocycles. The van der Waals surface area contributed by atoms with Gasteiger partial charge in [-0.1, -0.05) is 6.07 Å².